The molecule has 0 aliphatic rings. The first-order chi connectivity index (χ1) is 40.0. The summed E-state index contributed by atoms with van der Waals surface area (Å²) in [6.45, 7) is 6.47. The Morgan fingerprint density at radius 2 is 0.506 bits per heavy atom. The molecule has 0 saturated heterocycles. The Hall–Kier alpha value is -3.67. The number of esters is 3. The smallest absolute Gasteiger partial charge is 0.306 e. The maximum atomic E-state index is 12.9. The van der Waals surface area contributed by atoms with Crippen LogP contribution in [0.3, 0.4) is 0 Å². The van der Waals surface area contributed by atoms with E-state index in [2.05, 4.69) is 118 Å². The van der Waals surface area contributed by atoms with Gasteiger partial charge in [-0.1, -0.05) is 330 Å². The van der Waals surface area contributed by atoms with Crippen molar-refractivity contribution in [3.8, 4) is 0 Å². The normalized spacial score (nSPS) is 12.7. The summed E-state index contributed by atoms with van der Waals surface area (Å²) >= 11 is 0. The summed E-state index contributed by atoms with van der Waals surface area (Å²) in [5, 5.41) is 0. The van der Waals surface area contributed by atoms with Crippen LogP contribution in [0.25, 0.3) is 0 Å². The molecule has 0 aromatic carbocycles. The summed E-state index contributed by atoms with van der Waals surface area (Å²) in [4.78, 5) is 38.3. The number of carbonyl (C=O) groups is 3. The molecule has 0 radical (unpaired) electrons. The zero-order chi connectivity index (χ0) is 58.5. The second-order valence-electron chi connectivity index (χ2n) is 23.1. The highest BCUT2D eigenvalue weighted by Crippen LogP contribution is 2.18. The van der Waals surface area contributed by atoms with E-state index < -0.39 is 6.10 Å². The topological polar surface area (TPSA) is 78.9 Å². The summed E-state index contributed by atoms with van der Waals surface area (Å²) in [5.41, 5.74) is 0. The quantitative estimate of drug-likeness (QED) is 0.0261. The Labute approximate surface area is 502 Å². The van der Waals surface area contributed by atoms with E-state index in [9.17, 15) is 14.4 Å². The molecule has 466 valence electrons. The van der Waals surface area contributed by atoms with Crippen LogP contribution in [0, 0.1) is 0 Å². The first-order valence-corrected chi connectivity index (χ1v) is 34.7. The van der Waals surface area contributed by atoms with Crippen molar-refractivity contribution in [2.45, 2.75) is 348 Å². The second-order valence-corrected chi connectivity index (χ2v) is 23.1. The van der Waals surface area contributed by atoms with Crippen LogP contribution in [-0.2, 0) is 28.6 Å². The minimum absolute atomic E-state index is 0.101. The van der Waals surface area contributed by atoms with E-state index in [-0.39, 0.29) is 37.5 Å². The molecule has 0 aromatic rings. The van der Waals surface area contributed by atoms with Gasteiger partial charge in [-0.05, 0) is 89.9 Å². The fourth-order valence-electron chi connectivity index (χ4n) is 9.89. The zero-order valence-electron chi connectivity index (χ0n) is 53.5. The Bertz CT molecular complexity index is 1580. The van der Waals surface area contributed by atoms with Crippen molar-refractivity contribution in [3.63, 3.8) is 0 Å². The first kappa shape index (κ1) is 77.3. The Morgan fingerprint density at radius 3 is 0.840 bits per heavy atom. The SMILES string of the molecule is CC/C=C\C/C=C\C/C=C\C/C=C\C/C=C\C/C=C\C/C=C\CCCC(=O)OC(COC(=O)CCCCCCC/C=C\CCCC)COC(=O)CCCCCCCCCCCCCCCCCCCCCCCCCCCCCCC. The van der Waals surface area contributed by atoms with Crippen molar-refractivity contribution in [3.05, 3.63) is 97.2 Å². The van der Waals surface area contributed by atoms with Crippen molar-refractivity contribution in [1.29, 1.82) is 0 Å². The van der Waals surface area contributed by atoms with Gasteiger partial charge in [-0.2, -0.15) is 0 Å². The highest BCUT2D eigenvalue weighted by atomic mass is 16.6. The Kier molecular flexibility index (Phi) is 65.7. The Morgan fingerprint density at radius 1 is 0.259 bits per heavy atom. The number of unbranched alkanes of at least 4 members (excludes halogenated alkanes) is 36. The summed E-state index contributed by atoms with van der Waals surface area (Å²) in [6.07, 6.45) is 93.2. The van der Waals surface area contributed by atoms with Gasteiger partial charge < -0.3 is 14.2 Å². The number of rotatable bonds is 63. The Balaban J connectivity index is 4.27. The molecule has 0 aliphatic heterocycles. The molecular formula is C75H130O6. The molecule has 81 heavy (non-hydrogen) atoms. The average Bonchev–Trinajstić information content (AvgIpc) is 3.47. The van der Waals surface area contributed by atoms with Crippen LogP contribution in [0.2, 0.25) is 0 Å². The summed E-state index contributed by atoms with van der Waals surface area (Å²) in [5.74, 6) is -0.959. The van der Waals surface area contributed by atoms with E-state index in [1.54, 1.807) is 0 Å². The van der Waals surface area contributed by atoms with Crippen molar-refractivity contribution < 1.29 is 28.6 Å². The molecule has 1 unspecified atom stereocenters. The van der Waals surface area contributed by atoms with E-state index >= 15 is 0 Å². The van der Waals surface area contributed by atoms with Crippen molar-refractivity contribution >= 4 is 17.9 Å². The highest BCUT2D eigenvalue weighted by molar-refractivity contribution is 5.71. The first-order valence-electron chi connectivity index (χ1n) is 34.7. The third-order valence-electron chi connectivity index (χ3n) is 15.1. The van der Waals surface area contributed by atoms with Crippen LogP contribution in [0.15, 0.2) is 97.2 Å². The monoisotopic (exact) mass is 1130 g/mol. The van der Waals surface area contributed by atoms with E-state index in [1.165, 1.54) is 193 Å². The van der Waals surface area contributed by atoms with Crippen molar-refractivity contribution in [2.75, 3.05) is 13.2 Å². The van der Waals surface area contributed by atoms with Crippen LogP contribution < -0.4 is 0 Å². The summed E-state index contributed by atoms with van der Waals surface area (Å²) < 4.78 is 16.9. The van der Waals surface area contributed by atoms with Gasteiger partial charge in [0.05, 0.1) is 0 Å². The van der Waals surface area contributed by atoms with Crippen LogP contribution >= 0.6 is 0 Å². The predicted octanol–water partition coefficient (Wildman–Crippen LogP) is 24.0. The predicted molar refractivity (Wildman–Crippen MR) is 353 cm³/mol. The van der Waals surface area contributed by atoms with Crippen molar-refractivity contribution in [2.24, 2.45) is 0 Å². The molecule has 0 fully saturated rings. The largest absolute Gasteiger partial charge is 0.462 e. The van der Waals surface area contributed by atoms with Crippen LogP contribution in [0.5, 0.6) is 0 Å². The molecule has 0 heterocycles. The number of hydrogen-bond donors (Lipinski definition) is 0. The molecule has 0 aromatic heterocycles. The van der Waals surface area contributed by atoms with Gasteiger partial charge in [0, 0.05) is 19.3 Å². The highest BCUT2D eigenvalue weighted by Gasteiger charge is 2.19. The third-order valence-corrected chi connectivity index (χ3v) is 15.1. The molecular weight excluding hydrogens is 997 g/mol. The summed E-state index contributed by atoms with van der Waals surface area (Å²) in [6, 6.07) is 0. The summed E-state index contributed by atoms with van der Waals surface area (Å²) in [7, 11) is 0. The molecule has 1 atom stereocenters. The lowest BCUT2D eigenvalue weighted by Gasteiger charge is -2.18. The lowest BCUT2D eigenvalue weighted by molar-refractivity contribution is -0.167. The van der Waals surface area contributed by atoms with Crippen LogP contribution in [-0.4, -0.2) is 37.2 Å². The molecule has 0 aliphatic carbocycles. The van der Waals surface area contributed by atoms with Gasteiger partial charge in [0.1, 0.15) is 13.2 Å². The molecule has 0 saturated carbocycles. The standard InChI is InChI=1S/C75H130O6/c1-4-7-10-13-16-19-22-24-26-28-30-32-34-35-36-37-38-39-41-42-44-46-48-50-53-56-59-62-65-68-74(77)80-71-72(70-79-73(76)67-64-61-58-55-52-21-18-15-12-9-6-3)81-75(78)69-66-63-60-57-54-51-49-47-45-43-40-33-31-29-27-25-23-20-17-14-11-8-5-2/h8,11,15,17-18,20,25,27,31,33,43,45,49,51,57,60,72H,4-7,9-10,12-14,16,19,21-24,26,28-30,32,34-42,44,46-48,50,52-56,58-59,61-71H2,1-3H3/b11-8-,18-15-,20-17-,27-25-,33-31-,45-43-,51-49-,60-57-. The lowest BCUT2D eigenvalue weighted by Crippen LogP contribution is -2.30. The number of hydrogen-bond acceptors (Lipinski definition) is 6. The van der Waals surface area contributed by atoms with E-state index in [0.717, 1.165) is 103 Å². The molecule has 0 bridgehead atoms. The molecule has 0 amide bonds. The third kappa shape index (κ3) is 67.0. The molecule has 0 rings (SSSR count). The second kappa shape index (κ2) is 68.8. The van der Waals surface area contributed by atoms with Crippen molar-refractivity contribution in [1.82, 2.24) is 0 Å². The van der Waals surface area contributed by atoms with Gasteiger partial charge in [0.25, 0.3) is 0 Å². The average molecular weight is 1130 g/mol. The fourth-order valence-corrected chi connectivity index (χ4v) is 9.89. The van der Waals surface area contributed by atoms with Gasteiger partial charge in [0.15, 0.2) is 6.10 Å². The number of allylic oxidation sites excluding steroid dienone is 16. The van der Waals surface area contributed by atoms with Crippen LogP contribution in [0.4, 0.5) is 0 Å². The van der Waals surface area contributed by atoms with Gasteiger partial charge in [0.2, 0.25) is 0 Å². The maximum absolute atomic E-state index is 12.9. The molecule has 0 spiro atoms. The van der Waals surface area contributed by atoms with Gasteiger partial charge in [-0.3, -0.25) is 14.4 Å². The lowest BCUT2D eigenvalue weighted by atomic mass is 10.0. The van der Waals surface area contributed by atoms with Gasteiger partial charge in [-0.15, -0.1) is 0 Å². The molecule has 6 heteroatoms. The fraction of sp³-hybridized carbons (Fsp3) is 0.747. The van der Waals surface area contributed by atoms with E-state index in [0.29, 0.717) is 19.3 Å². The minimum atomic E-state index is -0.812. The molecule has 0 N–H and O–H groups in total. The van der Waals surface area contributed by atoms with E-state index in [4.69, 9.17) is 14.2 Å². The minimum Gasteiger partial charge on any atom is -0.462 e. The van der Waals surface area contributed by atoms with E-state index in [1.807, 2.05) is 0 Å². The van der Waals surface area contributed by atoms with Gasteiger partial charge in [-0.25, -0.2) is 0 Å². The molecule has 6 nitrogen and oxygen atoms in total. The van der Waals surface area contributed by atoms with Gasteiger partial charge >= 0.3 is 17.9 Å². The number of ether oxygens (including phenoxy) is 3. The van der Waals surface area contributed by atoms with Crippen LogP contribution in [0.1, 0.15) is 342 Å². The maximum Gasteiger partial charge on any atom is 0.306 e. The number of carbonyl (C=O) groups excluding carboxylic acids is 3. The zero-order valence-corrected chi connectivity index (χ0v) is 53.5.